The van der Waals surface area contributed by atoms with E-state index < -0.39 is 56.2 Å². The molecule has 5 aliphatic rings. The van der Waals surface area contributed by atoms with E-state index in [4.69, 9.17) is 5.73 Å². The zero-order valence-corrected chi connectivity index (χ0v) is 29.6. The molecule has 5 atom stereocenters. The number of amides is 4. The molecule has 5 fully saturated rings. The van der Waals surface area contributed by atoms with Crippen molar-refractivity contribution in [3.63, 3.8) is 0 Å². The first-order valence-corrected chi connectivity index (χ1v) is 19.2. The van der Waals surface area contributed by atoms with Crippen LogP contribution in [-0.2, 0) is 29.2 Å². The standard InChI is InChI=1S/C34H57N5O6S/c1-7-22-18-34(22,30(43)38-46(44,45)23-14-15-23)37-27(40)24-19-32(5,6)33(16-11-17-33)20-39(24)29(42)26(31(2,3)4)36-28(41)25(35)21-12-9-8-10-13-21/h21-26H,7-20,35H2,1-6H3,(H,36,41)(H,37,40)(H,38,43)/t22-,24+,25?,26-,34-/m1/s1. The maximum Gasteiger partial charge on any atom is 0.259 e. The average Bonchev–Trinajstić information content (AvgIpc) is 3.88. The Labute approximate surface area is 275 Å². The first-order chi connectivity index (χ1) is 21.4. The Morgan fingerprint density at radius 1 is 0.957 bits per heavy atom. The number of nitrogens with one attached hydrogen (secondary N) is 3. The van der Waals surface area contributed by atoms with Crippen LogP contribution in [0.4, 0.5) is 0 Å². The molecule has 1 saturated heterocycles. The second-order valence-electron chi connectivity index (χ2n) is 16.9. The maximum atomic E-state index is 14.7. The second kappa shape index (κ2) is 12.3. The predicted octanol–water partition coefficient (Wildman–Crippen LogP) is 3.12. The quantitative estimate of drug-likeness (QED) is 0.279. The van der Waals surface area contributed by atoms with Gasteiger partial charge in [-0.15, -0.1) is 0 Å². The van der Waals surface area contributed by atoms with E-state index in [-0.39, 0.29) is 34.5 Å². The van der Waals surface area contributed by atoms with Gasteiger partial charge in [-0.3, -0.25) is 23.9 Å². The van der Waals surface area contributed by atoms with Crippen molar-refractivity contribution in [2.45, 2.75) is 154 Å². The van der Waals surface area contributed by atoms with Crippen molar-refractivity contribution < 1.29 is 27.6 Å². The molecule has 0 aromatic rings. The Balaban J connectivity index is 1.40. The molecule has 12 heteroatoms. The highest BCUT2D eigenvalue weighted by atomic mass is 32.2. The van der Waals surface area contributed by atoms with Crippen LogP contribution in [0.3, 0.4) is 0 Å². The van der Waals surface area contributed by atoms with Crippen molar-refractivity contribution in [1.82, 2.24) is 20.3 Å². The van der Waals surface area contributed by atoms with E-state index in [9.17, 15) is 27.6 Å². The third-order valence-corrected chi connectivity index (χ3v) is 14.1. The lowest BCUT2D eigenvalue weighted by atomic mass is 9.50. The van der Waals surface area contributed by atoms with Gasteiger partial charge in [-0.1, -0.05) is 73.6 Å². The third kappa shape index (κ3) is 6.58. The van der Waals surface area contributed by atoms with E-state index in [2.05, 4.69) is 29.2 Å². The van der Waals surface area contributed by atoms with Crippen molar-refractivity contribution in [3.05, 3.63) is 0 Å². The Morgan fingerprint density at radius 2 is 1.59 bits per heavy atom. The second-order valence-corrected chi connectivity index (χ2v) is 18.8. The molecule has 4 saturated carbocycles. The molecule has 11 nitrogen and oxygen atoms in total. The molecule has 260 valence electrons. The van der Waals surface area contributed by atoms with Crippen LogP contribution in [0.2, 0.25) is 0 Å². The van der Waals surface area contributed by atoms with Crippen molar-refractivity contribution in [1.29, 1.82) is 0 Å². The van der Waals surface area contributed by atoms with E-state index in [0.29, 0.717) is 38.6 Å². The smallest absolute Gasteiger partial charge is 0.259 e. The van der Waals surface area contributed by atoms with Gasteiger partial charge in [0.2, 0.25) is 27.7 Å². The number of hydrogen-bond acceptors (Lipinski definition) is 7. The largest absolute Gasteiger partial charge is 0.342 e. The monoisotopic (exact) mass is 663 g/mol. The SMILES string of the molecule is CC[C@@H]1C[C@]1(NC(=O)[C@@H]1CC(C)(C)C2(CCC2)CN1C(=O)[C@@H](NC(=O)C(N)C1CCCCC1)C(C)(C)C)C(=O)NS(=O)(=O)C1CC1. The highest BCUT2D eigenvalue weighted by molar-refractivity contribution is 7.91. The Bertz CT molecular complexity index is 1330. The van der Waals surface area contributed by atoms with Crippen molar-refractivity contribution in [2.24, 2.45) is 33.8 Å². The van der Waals surface area contributed by atoms with Gasteiger partial charge in [-0.2, -0.15) is 0 Å². The Morgan fingerprint density at radius 3 is 2.09 bits per heavy atom. The lowest BCUT2D eigenvalue weighted by Crippen LogP contribution is -2.69. The summed E-state index contributed by atoms with van der Waals surface area (Å²) in [5, 5.41) is 5.42. The lowest BCUT2D eigenvalue weighted by Gasteiger charge is -2.61. The summed E-state index contributed by atoms with van der Waals surface area (Å²) in [6.45, 7) is 12.3. The number of rotatable bonds is 10. The van der Waals surface area contributed by atoms with Crippen LogP contribution in [0.25, 0.3) is 0 Å². The van der Waals surface area contributed by atoms with Crippen LogP contribution >= 0.6 is 0 Å². The lowest BCUT2D eigenvalue weighted by molar-refractivity contribution is -0.166. The minimum absolute atomic E-state index is 0.0770. The molecule has 5 N–H and O–H groups in total. The van der Waals surface area contributed by atoms with Crippen molar-refractivity contribution in [2.75, 3.05) is 6.54 Å². The number of nitrogens with zero attached hydrogens (tertiary/aromatic N) is 1. The minimum Gasteiger partial charge on any atom is -0.342 e. The normalized spacial score (nSPS) is 30.5. The fourth-order valence-corrected chi connectivity index (χ4v) is 9.78. The molecule has 1 heterocycles. The molecular formula is C34H57N5O6S. The molecule has 5 rings (SSSR count). The molecule has 1 aliphatic heterocycles. The third-order valence-electron chi connectivity index (χ3n) is 12.3. The summed E-state index contributed by atoms with van der Waals surface area (Å²) in [5.74, 6) is -1.94. The van der Waals surface area contributed by atoms with Gasteiger partial charge >= 0.3 is 0 Å². The molecule has 0 aromatic heterocycles. The van der Waals surface area contributed by atoms with Crippen molar-refractivity contribution >= 4 is 33.7 Å². The number of hydrogen-bond donors (Lipinski definition) is 4. The molecule has 4 aliphatic carbocycles. The molecule has 1 unspecified atom stereocenters. The number of piperidine rings is 1. The molecule has 0 radical (unpaired) electrons. The van der Waals surface area contributed by atoms with E-state index in [1.165, 1.54) is 0 Å². The van der Waals surface area contributed by atoms with Crippen LogP contribution < -0.4 is 21.1 Å². The zero-order chi connectivity index (χ0) is 33.9. The van der Waals surface area contributed by atoms with Gasteiger partial charge in [0.1, 0.15) is 17.6 Å². The van der Waals surface area contributed by atoms with Gasteiger partial charge in [0.15, 0.2) is 0 Å². The summed E-state index contributed by atoms with van der Waals surface area (Å²) >= 11 is 0. The average molecular weight is 664 g/mol. The summed E-state index contributed by atoms with van der Waals surface area (Å²) < 4.78 is 27.6. The number of sulfonamides is 1. The summed E-state index contributed by atoms with van der Waals surface area (Å²) in [6, 6.07) is -2.50. The van der Waals surface area contributed by atoms with Gasteiger partial charge in [0, 0.05) is 6.54 Å². The predicted molar refractivity (Wildman–Crippen MR) is 175 cm³/mol. The fourth-order valence-electron chi connectivity index (χ4n) is 8.42. The fraction of sp³-hybridized carbons (Fsp3) is 0.882. The zero-order valence-electron chi connectivity index (χ0n) is 28.7. The van der Waals surface area contributed by atoms with Gasteiger partial charge < -0.3 is 21.3 Å². The number of carbonyl (C=O) groups excluding carboxylic acids is 4. The highest BCUT2D eigenvalue weighted by Crippen LogP contribution is 2.59. The minimum atomic E-state index is -3.80. The molecule has 0 aromatic carbocycles. The van der Waals surface area contributed by atoms with E-state index in [1.54, 1.807) is 4.90 Å². The van der Waals surface area contributed by atoms with E-state index in [0.717, 1.165) is 51.4 Å². The van der Waals surface area contributed by atoms with Crippen LogP contribution in [0.1, 0.15) is 125 Å². The van der Waals surface area contributed by atoms with Crippen LogP contribution in [0.5, 0.6) is 0 Å². The number of nitrogens with two attached hydrogens (primary N) is 1. The summed E-state index contributed by atoms with van der Waals surface area (Å²) in [4.78, 5) is 57.6. The van der Waals surface area contributed by atoms with Gasteiger partial charge in [-0.05, 0) is 79.4 Å². The van der Waals surface area contributed by atoms with Crippen LogP contribution in [0.15, 0.2) is 0 Å². The Kier molecular flexibility index (Phi) is 9.42. The van der Waals surface area contributed by atoms with Crippen LogP contribution in [-0.4, -0.2) is 72.4 Å². The molecule has 4 amide bonds. The maximum absolute atomic E-state index is 14.7. The first-order valence-electron chi connectivity index (χ1n) is 17.6. The number of carbonyl (C=O) groups is 4. The Hall–Kier alpha value is -2.21. The highest BCUT2D eigenvalue weighted by Gasteiger charge is 2.63. The summed E-state index contributed by atoms with van der Waals surface area (Å²) in [6.07, 6.45) is 10.3. The van der Waals surface area contributed by atoms with Gasteiger partial charge in [-0.25, -0.2) is 8.42 Å². The van der Waals surface area contributed by atoms with Gasteiger partial charge in [0.05, 0.1) is 11.3 Å². The molecule has 1 spiro atoms. The summed E-state index contributed by atoms with van der Waals surface area (Å²) in [5.41, 5.74) is 4.06. The topological polar surface area (TPSA) is 168 Å². The molecular weight excluding hydrogens is 606 g/mol. The van der Waals surface area contributed by atoms with Crippen LogP contribution in [0, 0.1) is 28.1 Å². The van der Waals surface area contributed by atoms with E-state index in [1.807, 2.05) is 27.7 Å². The molecule has 46 heavy (non-hydrogen) atoms. The number of likely N-dealkylation sites (tertiary alicyclic amines) is 1. The summed E-state index contributed by atoms with van der Waals surface area (Å²) in [7, 11) is -3.80. The first kappa shape index (κ1) is 35.1. The van der Waals surface area contributed by atoms with Gasteiger partial charge in [0.25, 0.3) is 5.91 Å². The van der Waals surface area contributed by atoms with E-state index >= 15 is 0 Å². The molecule has 0 bridgehead atoms. The van der Waals surface area contributed by atoms with Crippen molar-refractivity contribution in [3.8, 4) is 0 Å².